The molecule has 0 saturated carbocycles. The van der Waals surface area contributed by atoms with Gasteiger partial charge in [-0.3, -0.25) is 0 Å². The molecule has 220 valence electrons. The molecular weight excluding hydrogens is 574 g/mol. The topological polar surface area (TPSA) is 51.8 Å². The molecule has 0 aliphatic heterocycles. The summed E-state index contributed by atoms with van der Waals surface area (Å²) in [6.07, 6.45) is 0. The number of furan rings is 1. The molecule has 0 spiro atoms. The summed E-state index contributed by atoms with van der Waals surface area (Å²) >= 11 is 0. The van der Waals surface area contributed by atoms with Gasteiger partial charge in [0.1, 0.15) is 11.2 Å². The van der Waals surface area contributed by atoms with Crippen molar-refractivity contribution in [2.75, 3.05) is 0 Å². The fourth-order valence-electron chi connectivity index (χ4n) is 6.48. The minimum atomic E-state index is 0.605. The Hall–Kier alpha value is -6.39. The molecule has 0 aliphatic carbocycles. The summed E-state index contributed by atoms with van der Waals surface area (Å²) in [5.41, 5.74) is 8.98. The molecule has 0 radical (unpaired) electrons. The molecule has 9 aromatic rings. The van der Waals surface area contributed by atoms with Crippen LogP contribution in [0, 0.1) is 0 Å². The lowest BCUT2D eigenvalue weighted by Crippen LogP contribution is -2.00. The zero-order valence-corrected chi connectivity index (χ0v) is 25.3. The number of hydrogen-bond donors (Lipinski definition) is 0. The average Bonchev–Trinajstić information content (AvgIpc) is 3.55. The number of para-hydroxylation sites is 1. The molecule has 4 nitrogen and oxygen atoms in total. The minimum absolute atomic E-state index is 0.605. The van der Waals surface area contributed by atoms with E-state index in [0.717, 1.165) is 60.5 Å². The standard InChI is InChI=1S/C43H27N3O/c1-4-13-28(14-5-1)29-23-25-30(26-24-29)33-21-12-22-36-39-35-20-11-10-19-34(35)37(27-38(39)47-40(33)36)43-45-41(31-15-6-2-7-16-31)44-42(46-43)32-17-8-3-9-18-32/h1-27H. The molecule has 0 bridgehead atoms. The fourth-order valence-corrected chi connectivity index (χ4v) is 6.48. The van der Waals surface area contributed by atoms with Gasteiger partial charge in [-0.25, -0.2) is 15.0 Å². The smallest absolute Gasteiger partial charge is 0.164 e. The Morgan fingerprint density at radius 3 is 1.47 bits per heavy atom. The van der Waals surface area contributed by atoms with Gasteiger partial charge in [0.2, 0.25) is 0 Å². The van der Waals surface area contributed by atoms with Crippen LogP contribution in [0.25, 0.3) is 89.1 Å². The quantitative estimate of drug-likeness (QED) is 0.197. The summed E-state index contributed by atoms with van der Waals surface area (Å²) in [7, 11) is 0. The lowest BCUT2D eigenvalue weighted by atomic mass is 9.96. The maximum absolute atomic E-state index is 6.78. The molecule has 0 N–H and O–H groups in total. The Morgan fingerprint density at radius 2 is 0.830 bits per heavy atom. The van der Waals surface area contributed by atoms with Gasteiger partial charge in [-0.15, -0.1) is 0 Å². The number of rotatable bonds is 5. The third-order valence-electron chi connectivity index (χ3n) is 8.75. The summed E-state index contributed by atoms with van der Waals surface area (Å²) in [4.78, 5) is 15.0. The van der Waals surface area contributed by atoms with Crippen molar-refractivity contribution in [1.82, 2.24) is 15.0 Å². The molecule has 47 heavy (non-hydrogen) atoms. The van der Waals surface area contributed by atoms with Crippen LogP contribution in [0.1, 0.15) is 0 Å². The zero-order chi connectivity index (χ0) is 31.2. The minimum Gasteiger partial charge on any atom is -0.455 e. The second-order valence-corrected chi connectivity index (χ2v) is 11.6. The van der Waals surface area contributed by atoms with Gasteiger partial charge in [-0.05, 0) is 33.5 Å². The normalized spacial score (nSPS) is 11.4. The second-order valence-electron chi connectivity index (χ2n) is 11.6. The molecule has 0 amide bonds. The van der Waals surface area contributed by atoms with Crippen LogP contribution in [0.3, 0.4) is 0 Å². The molecule has 0 aliphatic rings. The van der Waals surface area contributed by atoms with Crippen molar-refractivity contribution in [3.05, 3.63) is 164 Å². The van der Waals surface area contributed by atoms with Gasteiger partial charge < -0.3 is 4.42 Å². The van der Waals surface area contributed by atoms with E-state index in [2.05, 4.69) is 97.1 Å². The van der Waals surface area contributed by atoms with E-state index >= 15 is 0 Å². The molecule has 2 aromatic heterocycles. The van der Waals surface area contributed by atoms with Crippen LogP contribution >= 0.6 is 0 Å². The van der Waals surface area contributed by atoms with E-state index in [9.17, 15) is 0 Å². The predicted octanol–water partition coefficient (Wildman–Crippen LogP) is 11.3. The van der Waals surface area contributed by atoms with Gasteiger partial charge >= 0.3 is 0 Å². The van der Waals surface area contributed by atoms with Crippen LogP contribution in [0.15, 0.2) is 168 Å². The van der Waals surface area contributed by atoms with E-state index in [-0.39, 0.29) is 0 Å². The number of benzene rings is 7. The number of hydrogen-bond acceptors (Lipinski definition) is 4. The van der Waals surface area contributed by atoms with Crippen molar-refractivity contribution in [3.8, 4) is 56.4 Å². The monoisotopic (exact) mass is 601 g/mol. The van der Waals surface area contributed by atoms with Gasteiger partial charge in [0.25, 0.3) is 0 Å². The molecule has 9 rings (SSSR count). The van der Waals surface area contributed by atoms with Crippen LogP contribution in [-0.4, -0.2) is 15.0 Å². The van der Waals surface area contributed by atoms with Crippen molar-refractivity contribution >= 4 is 32.7 Å². The molecule has 0 saturated heterocycles. The van der Waals surface area contributed by atoms with Crippen molar-refractivity contribution in [2.45, 2.75) is 0 Å². The number of fused-ring (bicyclic) bond motifs is 5. The van der Waals surface area contributed by atoms with Crippen LogP contribution in [0.2, 0.25) is 0 Å². The number of nitrogens with zero attached hydrogens (tertiary/aromatic N) is 3. The molecule has 0 fully saturated rings. The summed E-state index contributed by atoms with van der Waals surface area (Å²) in [6.45, 7) is 0. The van der Waals surface area contributed by atoms with Gasteiger partial charge in [-0.2, -0.15) is 0 Å². The summed E-state index contributed by atoms with van der Waals surface area (Å²) in [6, 6.07) is 56.2. The average molecular weight is 602 g/mol. The Bertz CT molecular complexity index is 2480. The molecule has 0 atom stereocenters. The summed E-state index contributed by atoms with van der Waals surface area (Å²) in [5, 5.41) is 4.32. The van der Waals surface area contributed by atoms with Crippen molar-refractivity contribution in [2.24, 2.45) is 0 Å². The van der Waals surface area contributed by atoms with Crippen molar-refractivity contribution in [3.63, 3.8) is 0 Å². The first-order valence-electron chi connectivity index (χ1n) is 15.7. The zero-order valence-electron chi connectivity index (χ0n) is 25.3. The molecule has 7 aromatic carbocycles. The molecular formula is C43H27N3O. The highest BCUT2D eigenvalue weighted by molar-refractivity contribution is 6.23. The highest BCUT2D eigenvalue weighted by atomic mass is 16.3. The van der Waals surface area contributed by atoms with E-state index in [1.807, 2.05) is 66.7 Å². The first-order chi connectivity index (χ1) is 23.3. The van der Waals surface area contributed by atoms with Crippen LogP contribution in [-0.2, 0) is 0 Å². The summed E-state index contributed by atoms with van der Waals surface area (Å²) < 4.78 is 6.78. The third kappa shape index (κ3) is 4.75. The first kappa shape index (κ1) is 27.0. The summed E-state index contributed by atoms with van der Waals surface area (Å²) in [5.74, 6) is 1.86. The van der Waals surface area contributed by atoms with Crippen molar-refractivity contribution in [1.29, 1.82) is 0 Å². The Balaban J connectivity index is 1.25. The predicted molar refractivity (Wildman–Crippen MR) is 192 cm³/mol. The number of aromatic nitrogens is 3. The largest absolute Gasteiger partial charge is 0.455 e. The Labute approximate surface area is 271 Å². The van der Waals surface area contributed by atoms with Crippen LogP contribution in [0.5, 0.6) is 0 Å². The van der Waals surface area contributed by atoms with E-state index in [1.165, 1.54) is 11.1 Å². The van der Waals surface area contributed by atoms with Crippen LogP contribution < -0.4 is 0 Å². The highest BCUT2D eigenvalue weighted by Gasteiger charge is 2.20. The lowest BCUT2D eigenvalue weighted by molar-refractivity contribution is 0.670. The molecule has 2 heterocycles. The second kappa shape index (κ2) is 11.2. The molecule has 0 unspecified atom stereocenters. The van der Waals surface area contributed by atoms with Gasteiger partial charge in [0.05, 0.1) is 0 Å². The fraction of sp³-hybridized carbons (Fsp3) is 0. The molecule has 4 heteroatoms. The van der Waals surface area contributed by atoms with Gasteiger partial charge in [0.15, 0.2) is 17.5 Å². The Kier molecular flexibility index (Phi) is 6.43. The van der Waals surface area contributed by atoms with Crippen molar-refractivity contribution < 1.29 is 4.42 Å². The van der Waals surface area contributed by atoms with E-state index in [4.69, 9.17) is 19.4 Å². The maximum Gasteiger partial charge on any atom is 0.164 e. The lowest BCUT2D eigenvalue weighted by Gasteiger charge is -2.11. The van der Waals surface area contributed by atoms with Gasteiger partial charge in [0, 0.05) is 33.0 Å². The van der Waals surface area contributed by atoms with Gasteiger partial charge in [-0.1, -0.05) is 158 Å². The van der Waals surface area contributed by atoms with E-state index in [1.54, 1.807) is 0 Å². The SMILES string of the molecule is c1ccc(-c2ccc(-c3cccc4c3oc3cc(-c5nc(-c6ccccc6)nc(-c6ccccc6)n5)c5ccccc5c34)cc2)cc1. The van der Waals surface area contributed by atoms with E-state index in [0.29, 0.717) is 17.5 Å². The first-order valence-corrected chi connectivity index (χ1v) is 15.7. The van der Waals surface area contributed by atoms with E-state index < -0.39 is 0 Å². The van der Waals surface area contributed by atoms with Crippen LogP contribution in [0.4, 0.5) is 0 Å². The highest BCUT2D eigenvalue weighted by Crippen LogP contribution is 2.42. The maximum atomic E-state index is 6.78. The third-order valence-corrected chi connectivity index (χ3v) is 8.75. The Morgan fingerprint density at radius 1 is 0.340 bits per heavy atom.